The Labute approximate surface area is 169 Å². The Morgan fingerprint density at radius 1 is 1.04 bits per heavy atom. The normalized spacial score (nSPS) is 12.4. The maximum absolute atomic E-state index is 12.8. The van der Waals surface area contributed by atoms with Gasteiger partial charge in [0.05, 0.1) is 10.3 Å². The van der Waals surface area contributed by atoms with Crippen LogP contribution in [0.5, 0.6) is 0 Å². The van der Waals surface area contributed by atoms with Crippen LogP contribution in [-0.2, 0) is 11.3 Å². The summed E-state index contributed by atoms with van der Waals surface area (Å²) >= 11 is 1.50. The average Bonchev–Trinajstić information content (AvgIpc) is 3.05. The summed E-state index contributed by atoms with van der Waals surface area (Å²) in [5, 5.41) is 6.17. The zero-order chi connectivity index (χ0) is 19.5. The Hall–Kier alpha value is -2.79. The molecule has 142 valence electrons. The fraction of sp³-hybridized carbons (Fsp3) is 0.217. The Morgan fingerprint density at radius 3 is 2.57 bits per heavy atom. The summed E-state index contributed by atoms with van der Waals surface area (Å²) in [6.45, 7) is 5.09. The molecule has 0 saturated carbocycles. The number of fused-ring (bicyclic) bond motifs is 3. The highest BCUT2D eigenvalue weighted by molar-refractivity contribution is 8.00. The van der Waals surface area contributed by atoms with E-state index in [-0.39, 0.29) is 11.2 Å². The second-order valence-corrected chi connectivity index (χ2v) is 7.89. The minimum atomic E-state index is -0.178. The summed E-state index contributed by atoms with van der Waals surface area (Å²) in [5.74, 6) is 0.0109. The van der Waals surface area contributed by atoms with Crippen molar-refractivity contribution in [2.75, 3.05) is 5.32 Å². The quantitative estimate of drug-likeness (QED) is 0.429. The first-order valence-corrected chi connectivity index (χ1v) is 10.5. The topological polar surface area (TPSA) is 46.9 Å². The lowest BCUT2D eigenvalue weighted by molar-refractivity contribution is -0.115. The van der Waals surface area contributed by atoms with Gasteiger partial charge in [0.1, 0.15) is 0 Å². The van der Waals surface area contributed by atoms with E-state index >= 15 is 0 Å². The maximum Gasteiger partial charge on any atom is 0.237 e. The van der Waals surface area contributed by atoms with Gasteiger partial charge in [0.15, 0.2) is 0 Å². The number of amides is 1. The maximum atomic E-state index is 12.8. The third-order valence-corrected chi connectivity index (χ3v) is 6.24. The van der Waals surface area contributed by atoms with Crippen LogP contribution >= 0.6 is 11.8 Å². The van der Waals surface area contributed by atoms with E-state index in [0.29, 0.717) is 0 Å². The lowest BCUT2D eigenvalue weighted by Gasteiger charge is -2.14. The number of rotatable bonds is 6. The van der Waals surface area contributed by atoms with Gasteiger partial charge in [-0.2, -0.15) is 0 Å². The Bertz CT molecular complexity index is 1120. The molecule has 28 heavy (non-hydrogen) atoms. The van der Waals surface area contributed by atoms with Gasteiger partial charge < -0.3 is 9.88 Å². The second-order valence-electron chi connectivity index (χ2n) is 6.67. The summed E-state index contributed by atoms with van der Waals surface area (Å²) in [7, 11) is 0. The molecule has 0 fully saturated rings. The largest absolute Gasteiger partial charge is 0.341 e. The summed E-state index contributed by atoms with van der Waals surface area (Å²) in [6.07, 6.45) is 2.49. The number of aryl methyl sites for hydroxylation is 1. The van der Waals surface area contributed by atoms with E-state index in [1.54, 1.807) is 6.20 Å². The van der Waals surface area contributed by atoms with Gasteiger partial charge in [0.2, 0.25) is 5.91 Å². The Morgan fingerprint density at radius 2 is 1.82 bits per heavy atom. The van der Waals surface area contributed by atoms with Crippen molar-refractivity contribution in [3.05, 3.63) is 66.9 Å². The number of hydrogen-bond acceptors (Lipinski definition) is 3. The summed E-state index contributed by atoms with van der Waals surface area (Å²) in [5.41, 5.74) is 3.24. The number of benzene rings is 2. The molecule has 1 N–H and O–H groups in total. The highest BCUT2D eigenvalue weighted by Gasteiger charge is 2.19. The first-order chi connectivity index (χ1) is 13.7. The molecule has 0 aliphatic rings. The van der Waals surface area contributed by atoms with Crippen molar-refractivity contribution in [1.82, 2.24) is 9.55 Å². The number of hydrogen-bond donors (Lipinski definition) is 1. The molecule has 5 heteroatoms. The van der Waals surface area contributed by atoms with Gasteiger partial charge in [0.25, 0.3) is 0 Å². The first-order valence-electron chi connectivity index (χ1n) is 9.60. The van der Waals surface area contributed by atoms with E-state index in [1.807, 2.05) is 31.2 Å². The minimum absolute atomic E-state index is 0.0109. The van der Waals surface area contributed by atoms with Crippen LogP contribution in [0.25, 0.3) is 21.8 Å². The van der Waals surface area contributed by atoms with E-state index in [0.717, 1.165) is 23.7 Å². The third-order valence-electron chi connectivity index (χ3n) is 4.92. The molecule has 1 unspecified atom stereocenters. The van der Waals surface area contributed by atoms with Gasteiger partial charge in [0, 0.05) is 40.2 Å². The number of pyridine rings is 1. The number of nitrogens with one attached hydrogen (secondary N) is 1. The van der Waals surface area contributed by atoms with Gasteiger partial charge in [-0.05, 0) is 49.7 Å². The SMILES string of the molecule is CCC(Sc1ccccn1)C(=O)Nc1ccc2c(c1)c1ccccc1n2CC. The van der Waals surface area contributed by atoms with Crippen LogP contribution < -0.4 is 5.32 Å². The molecule has 0 aliphatic heterocycles. The summed E-state index contributed by atoms with van der Waals surface area (Å²) in [6, 6.07) is 20.3. The van der Waals surface area contributed by atoms with E-state index in [9.17, 15) is 4.79 Å². The zero-order valence-corrected chi connectivity index (χ0v) is 16.9. The summed E-state index contributed by atoms with van der Waals surface area (Å²) in [4.78, 5) is 17.2. The standard InChI is InChI=1S/C23H23N3OS/c1-3-21(28-22-11-7-8-14-24-22)23(27)25-16-12-13-20-18(15-16)17-9-5-6-10-19(17)26(20)4-2/h5-15,21H,3-4H2,1-2H3,(H,25,27). The number of carbonyl (C=O) groups is 1. The molecular formula is C23H23N3OS. The van der Waals surface area contributed by atoms with E-state index in [1.165, 1.54) is 33.6 Å². The van der Waals surface area contributed by atoms with Crippen LogP contribution in [0.4, 0.5) is 5.69 Å². The molecule has 0 bridgehead atoms. The molecule has 0 spiro atoms. The number of aromatic nitrogens is 2. The molecule has 2 aromatic heterocycles. The van der Waals surface area contributed by atoms with E-state index < -0.39 is 0 Å². The molecular weight excluding hydrogens is 366 g/mol. The molecule has 0 aliphatic carbocycles. The molecule has 0 radical (unpaired) electrons. The van der Waals surface area contributed by atoms with Crippen LogP contribution in [-0.4, -0.2) is 20.7 Å². The zero-order valence-electron chi connectivity index (χ0n) is 16.1. The molecule has 4 aromatic rings. The van der Waals surface area contributed by atoms with Crippen molar-refractivity contribution < 1.29 is 4.79 Å². The van der Waals surface area contributed by atoms with Crippen molar-refractivity contribution in [1.29, 1.82) is 0 Å². The molecule has 4 rings (SSSR count). The van der Waals surface area contributed by atoms with Gasteiger partial charge in [-0.3, -0.25) is 4.79 Å². The minimum Gasteiger partial charge on any atom is -0.341 e. The van der Waals surface area contributed by atoms with Crippen molar-refractivity contribution in [3.63, 3.8) is 0 Å². The smallest absolute Gasteiger partial charge is 0.237 e. The predicted octanol–water partition coefficient (Wildman–Crippen LogP) is 5.72. The lowest BCUT2D eigenvalue weighted by Crippen LogP contribution is -2.24. The third kappa shape index (κ3) is 3.50. The Kier molecular flexibility index (Phi) is 5.35. The Balaban J connectivity index is 1.62. The van der Waals surface area contributed by atoms with Crippen molar-refractivity contribution in [2.24, 2.45) is 0 Å². The van der Waals surface area contributed by atoms with E-state index in [2.05, 4.69) is 58.2 Å². The average molecular weight is 390 g/mol. The molecule has 4 nitrogen and oxygen atoms in total. The highest BCUT2D eigenvalue weighted by Crippen LogP contribution is 2.31. The van der Waals surface area contributed by atoms with Crippen LogP contribution in [0, 0.1) is 0 Å². The van der Waals surface area contributed by atoms with Crippen molar-refractivity contribution in [2.45, 2.75) is 37.1 Å². The van der Waals surface area contributed by atoms with Crippen molar-refractivity contribution in [3.8, 4) is 0 Å². The second kappa shape index (κ2) is 8.07. The van der Waals surface area contributed by atoms with E-state index in [4.69, 9.17) is 0 Å². The van der Waals surface area contributed by atoms with Crippen LogP contribution in [0.1, 0.15) is 20.3 Å². The lowest BCUT2D eigenvalue weighted by atomic mass is 10.1. The highest BCUT2D eigenvalue weighted by atomic mass is 32.2. The number of carbonyl (C=O) groups excluding carboxylic acids is 1. The fourth-order valence-electron chi connectivity index (χ4n) is 3.58. The monoisotopic (exact) mass is 389 g/mol. The number of para-hydroxylation sites is 1. The molecule has 1 atom stereocenters. The summed E-state index contributed by atoms with van der Waals surface area (Å²) < 4.78 is 2.31. The fourth-order valence-corrected chi connectivity index (χ4v) is 4.48. The first kappa shape index (κ1) is 18.6. The molecule has 2 heterocycles. The van der Waals surface area contributed by atoms with Crippen LogP contribution in [0.3, 0.4) is 0 Å². The number of nitrogens with zero attached hydrogens (tertiary/aromatic N) is 2. The van der Waals surface area contributed by atoms with Crippen LogP contribution in [0.2, 0.25) is 0 Å². The number of thioether (sulfide) groups is 1. The number of anilines is 1. The van der Waals surface area contributed by atoms with Gasteiger partial charge >= 0.3 is 0 Å². The van der Waals surface area contributed by atoms with Crippen LogP contribution in [0.15, 0.2) is 71.9 Å². The predicted molar refractivity (Wildman–Crippen MR) is 118 cm³/mol. The molecule has 0 saturated heterocycles. The molecule has 1 amide bonds. The molecule has 2 aromatic carbocycles. The van der Waals surface area contributed by atoms with Gasteiger partial charge in [-0.25, -0.2) is 4.98 Å². The van der Waals surface area contributed by atoms with Gasteiger partial charge in [-0.15, -0.1) is 0 Å². The van der Waals surface area contributed by atoms with Crippen molar-refractivity contribution >= 4 is 45.2 Å². The van der Waals surface area contributed by atoms with Gasteiger partial charge in [-0.1, -0.05) is 43.0 Å².